The highest BCUT2D eigenvalue weighted by molar-refractivity contribution is 5.25. The number of rotatable bonds is 2. The van der Waals surface area contributed by atoms with Crippen LogP contribution in [-0.4, -0.2) is 24.7 Å². The molecule has 0 fully saturated rings. The average molecular weight is 189 g/mol. The van der Waals surface area contributed by atoms with Gasteiger partial charge in [-0.05, 0) is 13.3 Å². The third-order valence-corrected chi connectivity index (χ3v) is 1.91. The first-order chi connectivity index (χ1) is 6.81. The molecule has 0 N–H and O–H groups in total. The second kappa shape index (κ2) is 3.53. The minimum absolute atomic E-state index is 0.734. The standard InChI is InChI=1S/C9H11N5/c1-3-8-9(11-5-4-10-8)14-6-12-7(2)13-14/h4-6H,3H2,1-2H3. The molecular weight excluding hydrogens is 178 g/mol. The van der Waals surface area contributed by atoms with E-state index in [1.54, 1.807) is 23.4 Å². The van der Waals surface area contributed by atoms with Crippen LogP contribution in [0.5, 0.6) is 0 Å². The van der Waals surface area contributed by atoms with Crippen molar-refractivity contribution >= 4 is 0 Å². The van der Waals surface area contributed by atoms with E-state index in [-0.39, 0.29) is 0 Å². The summed E-state index contributed by atoms with van der Waals surface area (Å²) in [6, 6.07) is 0. The maximum atomic E-state index is 4.23. The number of hydrogen-bond acceptors (Lipinski definition) is 4. The maximum Gasteiger partial charge on any atom is 0.176 e. The Morgan fingerprint density at radius 2 is 2.00 bits per heavy atom. The van der Waals surface area contributed by atoms with Crippen molar-refractivity contribution in [1.82, 2.24) is 24.7 Å². The Balaban J connectivity index is 2.50. The molecule has 0 amide bonds. The Labute approximate surface area is 81.8 Å². The van der Waals surface area contributed by atoms with Gasteiger partial charge in [0.15, 0.2) is 5.82 Å². The van der Waals surface area contributed by atoms with Crippen molar-refractivity contribution in [3.05, 3.63) is 30.2 Å². The maximum absolute atomic E-state index is 4.23. The Morgan fingerprint density at radius 1 is 1.21 bits per heavy atom. The summed E-state index contributed by atoms with van der Waals surface area (Å²) in [7, 11) is 0. The van der Waals surface area contributed by atoms with Gasteiger partial charge in [-0.25, -0.2) is 14.6 Å². The fraction of sp³-hybridized carbons (Fsp3) is 0.333. The van der Waals surface area contributed by atoms with E-state index in [4.69, 9.17) is 0 Å². The van der Waals surface area contributed by atoms with Crippen molar-refractivity contribution in [1.29, 1.82) is 0 Å². The van der Waals surface area contributed by atoms with Crippen LogP contribution >= 0.6 is 0 Å². The molecule has 0 saturated carbocycles. The van der Waals surface area contributed by atoms with E-state index in [1.165, 1.54) is 0 Å². The van der Waals surface area contributed by atoms with Gasteiger partial charge < -0.3 is 0 Å². The molecule has 0 aliphatic heterocycles. The molecule has 0 aliphatic rings. The molecule has 5 nitrogen and oxygen atoms in total. The zero-order chi connectivity index (χ0) is 9.97. The lowest BCUT2D eigenvalue weighted by atomic mass is 10.3. The van der Waals surface area contributed by atoms with Crippen LogP contribution in [0, 0.1) is 6.92 Å². The zero-order valence-electron chi connectivity index (χ0n) is 8.18. The summed E-state index contributed by atoms with van der Waals surface area (Å²) in [6.07, 6.45) is 5.83. The molecule has 0 aromatic carbocycles. The summed E-state index contributed by atoms with van der Waals surface area (Å²) in [4.78, 5) is 12.5. The molecule has 2 heterocycles. The van der Waals surface area contributed by atoms with Crippen molar-refractivity contribution < 1.29 is 0 Å². The summed E-state index contributed by atoms with van der Waals surface area (Å²) in [5.41, 5.74) is 0.928. The van der Waals surface area contributed by atoms with Gasteiger partial charge in [0.2, 0.25) is 0 Å². The lowest BCUT2D eigenvalue weighted by Crippen LogP contribution is -2.04. The minimum Gasteiger partial charge on any atom is -0.256 e. The highest BCUT2D eigenvalue weighted by Crippen LogP contribution is 2.07. The quantitative estimate of drug-likeness (QED) is 0.705. The Morgan fingerprint density at radius 3 is 2.64 bits per heavy atom. The molecule has 2 aromatic heterocycles. The molecule has 5 heteroatoms. The van der Waals surface area contributed by atoms with Crippen LogP contribution in [-0.2, 0) is 6.42 Å². The fourth-order valence-electron chi connectivity index (χ4n) is 1.25. The summed E-state index contributed by atoms with van der Waals surface area (Å²) < 4.78 is 1.65. The second-order valence-electron chi connectivity index (χ2n) is 2.92. The number of hydrogen-bond donors (Lipinski definition) is 0. The van der Waals surface area contributed by atoms with E-state index in [9.17, 15) is 0 Å². The molecule has 0 saturated heterocycles. The van der Waals surface area contributed by atoms with Crippen molar-refractivity contribution in [2.24, 2.45) is 0 Å². The summed E-state index contributed by atoms with van der Waals surface area (Å²) in [5, 5.41) is 4.19. The molecule has 0 radical (unpaired) electrons. The van der Waals surface area contributed by atoms with Gasteiger partial charge in [0, 0.05) is 12.4 Å². The van der Waals surface area contributed by atoms with Crippen LogP contribution in [0.4, 0.5) is 0 Å². The molecule has 2 rings (SSSR count). The molecular formula is C9H11N5. The molecule has 2 aromatic rings. The van der Waals surface area contributed by atoms with E-state index in [1.807, 2.05) is 13.8 Å². The highest BCUT2D eigenvalue weighted by atomic mass is 15.4. The number of nitrogens with zero attached hydrogens (tertiary/aromatic N) is 5. The van der Waals surface area contributed by atoms with Gasteiger partial charge in [-0.2, -0.15) is 5.10 Å². The van der Waals surface area contributed by atoms with Crippen molar-refractivity contribution in [3.8, 4) is 5.82 Å². The van der Waals surface area contributed by atoms with Crippen molar-refractivity contribution in [2.75, 3.05) is 0 Å². The van der Waals surface area contributed by atoms with E-state index in [0.29, 0.717) is 0 Å². The van der Waals surface area contributed by atoms with Crippen LogP contribution in [0.3, 0.4) is 0 Å². The topological polar surface area (TPSA) is 56.5 Å². The Bertz CT molecular complexity index is 434. The molecule has 0 unspecified atom stereocenters. The average Bonchev–Trinajstić information content (AvgIpc) is 2.65. The van der Waals surface area contributed by atoms with Crippen molar-refractivity contribution in [3.63, 3.8) is 0 Å². The largest absolute Gasteiger partial charge is 0.256 e. The van der Waals surface area contributed by atoms with Crippen molar-refractivity contribution in [2.45, 2.75) is 20.3 Å². The summed E-state index contributed by atoms with van der Waals surface area (Å²) in [5.74, 6) is 1.49. The SMILES string of the molecule is CCc1nccnc1-n1cnc(C)n1. The normalized spacial score (nSPS) is 10.4. The summed E-state index contributed by atoms with van der Waals surface area (Å²) >= 11 is 0. The van der Waals surface area contributed by atoms with Crippen LogP contribution in [0.1, 0.15) is 18.4 Å². The first-order valence-corrected chi connectivity index (χ1v) is 4.49. The third-order valence-electron chi connectivity index (χ3n) is 1.91. The molecule has 0 aliphatic carbocycles. The van der Waals surface area contributed by atoms with Gasteiger partial charge in [-0.3, -0.25) is 4.98 Å². The van der Waals surface area contributed by atoms with Gasteiger partial charge in [0.1, 0.15) is 12.2 Å². The molecule has 72 valence electrons. The molecule has 14 heavy (non-hydrogen) atoms. The lowest BCUT2D eigenvalue weighted by molar-refractivity contribution is 0.798. The number of aromatic nitrogens is 5. The smallest absolute Gasteiger partial charge is 0.176 e. The summed E-state index contributed by atoms with van der Waals surface area (Å²) in [6.45, 7) is 3.88. The van der Waals surface area contributed by atoms with Crippen LogP contribution in [0.25, 0.3) is 5.82 Å². The Hall–Kier alpha value is -1.78. The van der Waals surface area contributed by atoms with Gasteiger partial charge in [0.05, 0.1) is 5.69 Å². The first-order valence-electron chi connectivity index (χ1n) is 4.49. The van der Waals surface area contributed by atoms with E-state index >= 15 is 0 Å². The van der Waals surface area contributed by atoms with Crippen LogP contribution in [0.15, 0.2) is 18.7 Å². The Kier molecular flexibility index (Phi) is 2.22. The van der Waals surface area contributed by atoms with Crippen LogP contribution < -0.4 is 0 Å². The van der Waals surface area contributed by atoms with Gasteiger partial charge in [-0.1, -0.05) is 6.92 Å². The first kappa shape index (κ1) is 8.80. The van der Waals surface area contributed by atoms with E-state index in [0.717, 1.165) is 23.8 Å². The lowest BCUT2D eigenvalue weighted by Gasteiger charge is -2.03. The molecule has 0 bridgehead atoms. The predicted molar refractivity (Wildman–Crippen MR) is 51.1 cm³/mol. The van der Waals surface area contributed by atoms with Gasteiger partial charge >= 0.3 is 0 Å². The minimum atomic E-state index is 0.734. The van der Waals surface area contributed by atoms with Crippen LogP contribution in [0.2, 0.25) is 0 Å². The predicted octanol–water partition coefficient (Wildman–Crippen LogP) is 0.928. The molecule has 0 atom stereocenters. The van der Waals surface area contributed by atoms with E-state index in [2.05, 4.69) is 20.1 Å². The van der Waals surface area contributed by atoms with Gasteiger partial charge in [-0.15, -0.1) is 0 Å². The number of aryl methyl sites for hydroxylation is 2. The second-order valence-corrected chi connectivity index (χ2v) is 2.92. The highest BCUT2D eigenvalue weighted by Gasteiger charge is 2.06. The van der Waals surface area contributed by atoms with E-state index < -0.39 is 0 Å². The zero-order valence-corrected chi connectivity index (χ0v) is 8.18. The molecule has 0 spiro atoms. The fourth-order valence-corrected chi connectivity index (χ4v) is 1.25. The van der Waals surface area contributed by atoms with Gasteiger partial charge in [0.25, 0.3) is 0 Å². The monoisotopic (exact) mass is 189 g/mol. The third kappa shape index (κ3) is 1.48.